The van der Waals surface area contributed by atoms with Crippen molar-refractivity contribution in [3.8, 4) is 0 Å². The summed E-state index contributed by atoms with van der Waals surface area (Å²) in [5, 5.41) is 14.7. The van der Waals surface area contributed by atoms with Crippen molar-refractivity contribution < 1.29 is 14.7 Å². The molecule has 3 saturated heterocycles. The summed E-state index contributed by atoms with van der Waals surface area (Å²) in [4.78, 5) is 29.9. The molecule has 3 aliphatic heterocycles. The smallest absolute Gasteiger partial charge is 0.272 e. The van der Waals surface area contributed by atoms with Crippen LogP contribution in [0, 0.1) is 17.8 Å². The summed E-state index contributed by atoms with van der Waals surface area (Å²) in [6.45, 7) is 8.27. The summed E-state index contributed by atoms with van der Waals surface area (Å²) < 4.78 is 1.82. The fourth-order valence-electron chi connectivity index (χ4n) is 5.74. The lowest BCUT2D eigenvalue weighted by Crippen LogP contribution is -2.66. The molecule has 3 fully saturated rings. The number of aryl methyl sites for hydroxylation is 1. The number of fused-ring (bicyclic) bond motifs is 4. The molecule has 0 spiro atoms. The van der Waals surface area contributed by atoms with Gasteiger partial charge in [-0.25, -0.2) is 0 Å². The fourth-order valence-corrected chi connectivity index (χ4v) is 5.74. The molecule has 0 radical (unpaired) electrons. The summed E-state index contributed by atoms with van der Waals surface area (Å²) in [6.07, 6.45) is 4.34. The molecule has 1 N–H and O–H groups in total. The third kappa shape index (κ3) is 3.69. The minimum Gasteiger partial charge on any atom is -0.394 e. The Balaban J connectivity index is 1.57. The van der Waals surface area contributed by atoms with E-state index in [9.17, 15) is 14.7 Å². The van der Waals surface area contributed by atoms with Crippen LogP contribution < -0.4 is 0 Å². The number of amides is 2. The van der Waals surface area contributed by atoms with Crippen molar-refractivity contribution in [1.29, 1.82) is 0 Å². The van der Waals surface area contributed by atoms with Crippen molar-refractivity contribution in [1.82, 2.24) is 19.6 Å². The lowest BCUT2D eigenvalue weighted by atomic mass is 9.72. The third-order valence-corrected chi connectivity index (χ3v) is 6.94. The SMILES string of the molecule is CCn1nc(CC(C)C)cc1C(=O)N1C[C@H]2C[C@@H](C1)[C@H](CO)N1C(=O)CCC[C@@H]21. The highest BCUT2D eigenvalue weighted by atomic mass is 16.3. The maximum absolute atomic E-state index is 13.5. The summed E-state index contributed by atoms with van der Waals surface area (Å²) >= 11 is 0. The first-order valence-corrected chi connectivity index (χ1v) is 11.2. The number of nitrogens with zero attached hydrogens (tertiary/aromatic N) is 4. The normalized spacial score (nSPS) is 29.3. The van der Waals surface area contributed by atoms with Crippen LogP contribution in [0.1, 0.15) is 62.6 Å². The highest BCUT2D eigenvalue weighted by Gasteiger charge is 2.50. The van der Waals surface area contributed by atoms with Crippen LogP contribution >= 0.6 is 0 Å². The molecular weight excluding hydrogens is 368 g/mol. The first-order valence-electron chi connectivity index (χ1n) is 11.2. The number of carbonyl (C=O) groups excluding carboxylic acids is 2. The van der Waals surface area contributed by atoms with Gasteiger partial charge in [0.05, 0.1) is 18.3 Å². The molecule has 0 aromatic carbocycles. The second-order valence-electron chi connectivity index (χ2n) is 9.41. The predicted octanol–water partition coefficient (Wildman–Crippen LogP) is 1.94. The number of aliphatic hydroxyl groups is 1. The lowest BCUT2D eigenvalue weighted by Gasteiger charge is -2.56. The van der Waals surface area contributed by atoms with Crippen molar-refractivity contribution in [3.05, 3.63) is 17.5 Å². The first-order chi connectivity index (χ1) is 13.9. The minimum atomic E-state index is -0.160. The van der Waals surface area contributed by atoms with Gasteiger partial charge in [0.25, 0.3) is 5.91 Å². The Labute approximate surface area is 173 Å². The molecule has 2 bridgehead atoms. The molecule has 7 nitrogen and oxygen atoms in total. The fraction of sp³-hybridized carbons (Fsp3) is 0.773. The van der Waals surface area contributed by atoms with Crippen LogP contribution in [-0.4, -0.2) is 68.3 Å². The van der Waals surface area contributed by atoms with E-state index in [0.717, 1.165) is 31.4 Å². The average Bonchev–Trinajstić information content (AvgIpc) is 3.10. The van der Waals surface area contributed by atoms with Crippen molar-refractivity contribution in [2.75, 3.05) is 19.7 Å². The van der Waals surface area contributed by atoms with Gasteiger partial charge in [-0.2, -0.15) is 5.10 Å². The Morgan fingerprint density at radius 1 is 1.31 bits per heavy atom. The summed E-state index contributed by atoms with van der Waals surface area (Å²) in [5.74, 6) is 1.16. The quantitative estimate of drug-likeness (QED) is 0.816. The van der Waals surface area contributed by atoms with E-state index in [1.54, 1.807) is 0 Å². The molecule has 0 unspecified atom stereocenters. The Morgan fingerprint density at radius 3 is 2.76 bits per heavy atom. The Morgan fingerprint density at radius 2 is 2.07 bits per heavy atom. The molecule has 1 aromatic heterocycles. The third-order valence-electron chi connectivity index (χ3n) is 6.94. The maximum Gasteiger partial charge on any atom is 0.272 e. The molecular formula is C22H34N4O3. The molecule has 4 heterocycles. The number of hydrogen-bond donors (Lipinski definition) is 1. The predicted molar refractivity (Wildman–Crippen MR) is 109 cm³/mol. The highest BCUT2D eigenvalue weighted by molar-refractivity contribution is 5.93. The summed E-state index contributed by atoms with van der Waals surface area (Å²) in [5.41, 5.74) is 1.64. The molecule has 29 heavy (non-hydrogen) atoms. The molecule has 7 heteroatoms. The van der Waals surface area contributed by atoms with E-state index < -0.39 is 0 Å². The average molecular weight is 403 g/mol. The maximum atomic E-state index is 13.5. The van der Waals surface area contributed by atoms with Gasteiger partial charge in [0.15, 0.2) is 0 Å². The van der Waals surface area contributed by atoms with Crippen LogP contribution in [0.5, 0.6) is 0 Å². The van der Waals surface area contributed by atoms with Gasteiger partial charge in [0.1, 0.15) is 5.69 Å². The van der Waals surface area contributed by atoms with E-state index >= 15 is 0 Å². The van der Waals surface area contributed by atoms with Gasteiger partial charge in [0.2, 0.25) is 5.91 Å². The van der Waals surface area contributed by atoms with Gasteiger partial charge >= 0.3 is 0 Å². The van der Waals surface area contributed by atoms with E-state index in [1.807, 2.05) is 27.5 Å². The molecule has 1 aromatic rings. The van der Waals surface area contributed by atoms with Gasteiger partial charge in [0, 0.05) is 32.1 Å². The first kappa shape index (κ1) is 20.4. The zero-order valence-electron chi connectivity index (χ0n) is 17.9. The molecule has 4 rings (SSSR count). The van der Waals surface area contributed by atoms with Crippen LogP contribution in [0.15, 0.2) is 6.07 Å². The van der Waals surface area contributed by atoms with Crippen LogP contribution in [0.25, 0.3) is 0 Å². The van der Waals surface area contributed by atoms with E-state index in [2.05, 4.69) is 18.9 Å². The number of piperidine rings is 3. The molecule has 160 valence electrons. The topological polar surface area (TPSA) is 78.7 Å². The highest BCUT2D eigenvalue weighted by Crippen LogP contribution is 2.41. The van der Waals surface area contributed by atoms with Gasteiger partial charge < -0.3 is 14.9 Å². The number of aromatic nitrogens is 2. The van der Waals surface area contributed by atoms with E-state index in [4.69, 9.17) is 0 Å². The molecule has 4 atom stereocenters. The second-order valence-corrected chi connectivity index (χ2v) is 9.41. The Bertz CT molecular complexity index is 760. The number of likely N-dealkylation sites (tertiary alicyclic amines) is 1. The molecule has 0 saturated carbocycles. The Hall–Kier alpha value is -1.89. The number of aliphatic hydroxyl groups excluding tert-OH is 1. The van der Waals surface area contributed by atoms with Crippen LogP contribution in [0.3, 0.4) is 0 Å². The van der Waals surface area contributed by atoms with E-state index in [-0.39, 0.29) is 36.4 Å². The van der Waals surface area contributed by atoms with Gasteiger partial charge in [-0.1, -0.05) is 13.8 Å². The monoisotopic (exact) mass is 402 g/mol. The van der Waals surface area contributed by atoms with E-state index in [0.29, 0.717) is 43.6 Å². The molecule has 0 aliphatic carbocycles. The van der Waals surface area contributed by atoms with Crippen molar-refractivity contribution in [2.45, 2.75) is 71.5 Å². The second kappa shape index (κ2) is 8.09. The molecule has 3 aliphatic rings. The molecule has 2 amide bonds. The summed E-state index contributed by atoms with van der Waals surface area (Å²) in [6, 6.07) is 1.95. The Kier molecular flexibility index (Phi) is 5.69. The van der Waals surface area contributed by atoms with Crippen LogP contribution in [0.2, 0.25) is 0 Å². The van der Waals surface area contributed by atoms with E-state index in [1.165, 1.54) is 0 Å². The van der Waals surface area contributed by atoms with Crippen molar-refractivity contribution in [3.63, 3.8) is 0 Å². The van der Waals surface area contributed by atoms with Crippen LogP contribution in [-0.2, 0) is 17.8 Å². The zero-order valence-corrected chi connectivity index (χ0v) is 17.9. The number of carbonyl (C=O) groups is 2. The van der Waals surface area contributed by atoms with Gasteiger partial charge in [-0.3, -0.25) is 14.3 Å². The van der Waals surface area contributed by atoms with Gasteiger partial charge in [-0.05, 0) is 56.4 Å². The zero-order chi connectivity index (χ0) is 20.7. The minimum absolute atomic E-state index is 0.0207. The summed E-state index contributed by atoms with van der Waals surface area (Å²) in [7, 11) is 0. The number of rotatable bonds is 5. The lowest BCUT2D eigenvalue weighted by molar-refractivity contribution is -0.154. The number of hydrogen-bond acceptors (Lipinski definition) is 4. The van der Waals surface area contributed by atoms with Crippen LogP contribution in [0.4, 0.5) is 0 Å². The standard InChI is InChI=1S/C22H34N4O3/c1-4-25-19(10-17(23-25)8-14(2)3)22(29)24-11-15-9-16(12-24)20(13-27)26-18(15)6-5-7-21(26)28/h10,14-16,18,20,27H,4-9,11-13H2,1-3H3/t15-,16+,18+,20+/m1/s1. The largest absolute Gasteiger partial charge is 0.394 e. The van der Waals surface area contributed by atoms with Crippen molar-refractivity contribution >= 4 is 11.8 Å². The van der Waals surface area contributed by atoms with Crippen molar-refractivity contribution in [2.24, 2.45) is 17.8 Å². The van der Waals surface area contributed by atoms with Gasteiger partial charge in [-0.15, -0.1) is 0 Å².